The third kappa shape index (κ3) is 2.96. The van der Waals surface area contributed by atoms with Gasteiger partial charge in [0.25, 0.3) is 5.91 Å². The number of aromatic nitrogens is 1. The summed E-state index contributed by atoms with van der Waals surface area (Å²) in [6.07, 6.45) is 1.67. The summed E-state index contributed by atoms with van der Waals surface area (Å²) in [6.45, 7) is 4.69. The Hall–Kier alpha value is -1.68. The van der Waals surface area contributed by atoms with Crippen LogP contribution < -0.4 is 0 Å². The van der Waals surface area contributed by atoms with Crippen molar-refractivity contribution in [3.05, 3.63) is 53.0 Å². The van der Waals surface area contributed by atoms with Crippen LogP contribution in [0.5, 0.6) is 0 Å². The molecule has 0 aliphatic carbocycles. The molecule has 1 aromatic heterocycles. The van der Waals surface area contributed by atoms with Gasteiger partial charge in [0.1, 0.15) is 4.88 Å². The lowest BCUT2D eigenvalue weighted by Gasteiger charge is -2.26. The van der Waals surface area contributed by atoms with Crippen LogP contribution in [0.4, 0.5) is 0 Å². The molecule has 94 valence electrons. The lowest BCUT2D eigenvalue weighted by Crippen LogP contribution is -2.35. The first-order chi connectivity index (χ1) is 8.68. The Bertz CT molecular complexity index is 494. The van der Waals surface area contributed by atoms with Gasteiger partial charge >= 0.3 is 0 Å². The van der Waals surface area contributed by atoms with Gasteiger partial charge in [-0.1, -0.05) is 30.3 Å². The minimum Gasteiger partial charge on any atom is -0.331 e. The predicted molar refractivity (Wildman–Crippen MR) is 73.6 cm³/mol. The van der Waals surface area contributed by atoms with E-state index in [1.807, 2.05) is 49.1 Å². The van der Waals surface area contributed by atoms with E-state index in [0.717, 1.165) is 5.56 Å². The van der Waals surface area contributed by atoms with Crippen LogP contribution in [0, 0.1) is 0 Å². The average molecular weight is 260 g/mol. The van der Waals surface area contributed by atoms with Gasteiger partial charge in [-0.15, -0.1) is 0 Å². The molecule has 0 radical (unpaired) electrons. The Morgan fingerprint density at radius 2 is 2.00 bits per heavy atom. The lowest BCUT2D eigenvalue weighted by atomic mass is 10.2. The van der Waals surface area contributed by atoms with E-state index < -0.39 is 0 Å². The van der Waals surface area contributed by atoms with Crippen molar-refractivity contribution in [3.8, 4) is 0 Å². The van der Waals surface area contributed by atoms with Crippen molar-refractivity contribution in [1.82, 2.24) is 9.27 Å². The van der Waals surface area contributed by atoms with Gasteiger partial charge in [0, 0.05) is 18.8 Å². The zero-order chi connectivity index (χ0) is 13.0. The summed E-state index contributed by atoms with van der Waals surface area (Å²) in [5.74, 6) is 0.0522. The number of hydrogen-bond acceptors (Lipinski definition) is 3. The summed E-state index contributed by atoms with van der Waals surface area (Å²) in [7, 11) is 0. The van der Waals surface area contributed by atoms with Gasteiger partial charge in [0.2, 0.25) is 0 Å². The molecule has 3 nitrogen and oxygen atoms in total. The molecule has 2 rings (SSSR count). The van der Waals surface area contributed by atoms with E-state index in [-0.39, 0.29) is 11.9 Å². The second-order valence-corrected chi connectivity index (χ2v) is 5.22. The van der Waals surface area contributed by atoms with Crippen molar-refractivity contribution >= 4 is 17.4 Å². The van der Waals surface area contributed by atoms with E-state index in [0.29, 0.717) is 11.4 Å². The summed E-state index contributed by atoms with van der Waals surface area (Å²) in [6, 6.07) is 12.0. The summed E-state index contributed by atoms with van der Waals surface area (Å²) in [5.41, 5.74) is 1.14. The minimum atomic E-state index is 0.0522. The van der Waals surface area contributed by atoms with Gasteiger partial charge in [0.15, 0.2) is 0 Å². The highest BCUT2D eigenvalue weighted by Gasteiger charge is 2.20. The molecular formula is C14H16N2OS. The molecule has 0 atom stereocenters. The second kappa shape index (κ2) is 5.78. The molecule has 0 saturated carbocycles. The Morgan fingerprint density at radius 1 is 1.28 bits per heavy atom. The molecule has 1 aromatic carbocycles. The molecule has 0 aliphatic rings. The van der Waals surface area contributed by atoms with Crippen LogP contribution in [-0.4, -0.2) is 21.2 Å². The van der Waals surface area contributed by atoms with E-state index in [1.54, 1.807) is 12.3 Å². The second-order valence-electron chi connectivity index (χ2n) is 4.39. The number of amides is 1. The first-order valence-corrected chi connectivity index (χ1v) is 6.71. The normalized spacial score (nSPS) is 10.6. The number of rotatable bonds is 4. The van der Waals surface area contributed by atoms with Gasteiger partial charge in [-0.2, -0.15) is 0 Å². The maximum absolute atomic E-state index is 12.3. The SMILES string of the molecule is CC(C)N(Cc1ccccc1)C(=O)c1ccns1. The van der Waals surface area contributed by atoms with Crippen LogP contribution in [0.3, 0.4) is 0 Å². The van der Waals surface area contributed by atoms with Gasteiger partial charge in [-0.3, -0.25) is 4.79 Å². The zero-order valence-corrected chi connectivity index (χ0v) is 11.4. The highest BCUT2D eigenvalue weighted by Crippen LogP contribution is 2.15. The van der Waals surface area contributed by atoms with Crippen molar-refractivity contribution in [3.63, 3.8) is 0 Å². The number of benzene rings is 1. The minimum absolute atomic E-state index is 0.0522. The van der Waals surface area contributed by atoms with Crippen molar-refractivity contribution in [2.24, 2.45) is 0 Å². The zero-order valence-electron chi connectivity index (χ0n) is 10.5. The van der Waals surface area contributed by atoms with E-state index >= 15 is 0 Å². The van der Waals surface area contributed by atoms with E-state index in [9.17, 15) is 4.79 Å². The fourth-order valence-corrected chi connectivity index (χ4v) is 2.29. The molecule has 0 spiro atoms. The lowest BCUT2D eigenvalue weighted by molar-refractivity contribution is 0.0695. The number of nitrogens with zero attached hydrogens (tertiary/aromatic N) is 2. The first kappa shape index (κ1) is 12.8. The molecule has 1 heterocycles. The highest BCUT2D eigenvalue weighted by molar-refractivity contribution is 7.08. The van der Waals surface area contributed by atoms with Crippen LogP contribution in [0.25, 0.3) is 0 Å². The summed E-state index contributed by atoms with van der Waals surface area (Å²) < 4.78 is 3.99. The fraction of sp³-hybridized carbons (Fsp3) is 0.286. The van der Waals surface area contributed by atoms with E-state index in [2.05, 4.69) is 4.37 Å². The molecule has 0 N–H and O–H groups in total. The Balaban J connectivity index is 2.17. The summed E-state index contributed by atoms with van der Waals surface area (Å²) in [4.78, 5) is 14.9. The number of hydrogen-bond donors (Lipinski definition) is 0. The molecule has 0 fully saturated rings. The molecule has 2 aromatic rings. The first-order valence-electron chi connectivity index (χ1n) is 5.94. The van der Waals surface area contributed by atoms with Crippen LogP contribution in [-0.2, 0) is 6.54 Å². The van der Waals surface area contributed by atoms with Gasteiger partial charge in [0.05, 0.1) is 0 Å². The average Bonchev–Trinajstić information content (AvgIpc) is 2.90. The van der Waals surface area contributed by atoms with Crippen LogP contribution in [0.15, 0.2) is 42.6 Å². The van der Waals surface area contributed by atoms with Crippen LogP contribution >= 0.6 is 11.5 Å². The molecule has 4 heteroatoms. The topological polar surface area (TPSA) is 33.2 Å². The Labute approximate surface area is 111 Å². The van der Waals surface area contributed by atoms with Crippen molar-refractivity contribution in [2.45, 2.75) is 26.4 Å². The van der Waals surface area contributed by atoms with Gasteiger partial charge in [-0.25, -0.2) is 4.37 Å². The van der Waals surface area contributed by atoms with Crippen LogP contribution in [0.2, 0.25) is 0 Å². The molecule has 0 saturated heterocycles. The Morgan fingerprint density at radius 3 is 2.56 bits per heavy atom. The van der Waals surface area contributed by atoms with Gasteiger partial charge in [-0.05, 0) is 37.0 Å². The van der Waals surface area contributed by atoms with Crippen molar-refractivity contribution < 1.29 is 4.79 Å². The Kier molecular flexibility index (Phi) is 4.10. The third-order valence-electron chi connectivity index (χ3n) is 2.73. The standard InChI is InChI=1S/C14H16N2OS/c1-11(2)16(10-12-6-4-3-5-7-12)14(17)13-8-9-15-18-13/h3-9,11H,10H2,1-2H3. The quantitative estimate of drug-likeness (QED) is 0.845. The molecular weight excluding hydrogens is 244 g/mol. The highest BCUT2D eigenvalue weighted by atomic mass is 32.1. The smallest absolute Gasteiger partial charge is 0.266 e. The maximum Gasteiger partial charge on any atom is 0.266 e. The van der Waals surface area contributed by atoms with E-state index in [1.165, 1.54) is 11.5 Å². The predicted octanol–water partition coefficient (Wildman–Crippen LogP) is 3.19. The van der Waals surface area contributed by atoms with Crippen molar-refractivity contribution in [2.75, 3.05) is 0 Å². The fourth-order valence-electron chi connectivity index (χ4n) is 1.74. The summed E-state index contributed by atoms with van der Waals surface area (Å²) >= 11 is 1.25. The number of carbonyl (C=O) groups is 1. The van der Waals surface area contributed by atoms with Crippen LogP contribution in [0.1, 0.15) is 29.1 Å². The molecule has 1 amide bonds. The van der Waals surface area contributed by atoms with Gasteiger partial charge < -0.3 is 4.90 Å². The third-order valence-corrected chi connectivity index (χ3v) is 3.46. The number of carbonyl (C=O) groups excluding carboxylic acids is 1. The molecule has 0 bridgehead atoms. The molecule has 0 unspecified atom stereocenters. The molecule has 0 aliphatic heterocycles. The van der Waals surface area contributed by atoms with E-state index in [4.69, 9.17) is 0 Å². The molecule has 18 heavy (non-hydrogen) atoms. The maximum atomic E-state index is 12.3. The van der Waals surface area contributed by atoms with Crippen molar-refractivity contribution in [1.29, 1.82) is 0 Å². The largest absolute Gasteiger partial charge is 0.331 e. The summed E-state index contributed by atoms with van der Waals surface area (Å²) in [5, 5.41) is 0. The monoisotopic (exact) mass is 260 g/mol.